The molecular weight excluding hydrogens is 403 g/mol. The lowest BCUT2D eigenvalue weighted by atomic mass is 9.92. The largest absolute Gasteiger partial charge is 0.410 e. The number of aryl methyl sites for hydroxylation is 1. The number of hydrogen-bond donors (Lipinski definition) is 1. The van der Waals surface area contributed by atoms with Gasteiger partial charge in [0, 0.05) is 12.8 Å². The van der Waals surface area contributed by atoms with E-state index in [1.165, 1.54) is 17.3 Å². The molecule has 2 heterocycles. The van der Waals surface area contributed by atoms with Crippen LogP contribution in [-0.4, -0.2) is 21.7 Å². The van der Waals surface area contributed by atoms with Gasteiger partial charge in [0.15, 0.2) is 11.8 Å². The van der Waals surface area contributed by atoms with Gasteiger partial charge in [0.05, 0.1) is 17.8 Å². The molecule has 31 heavy (non-hydrogen) atoms. The van der Waals surface area contributed by atoms with Crippen LogP contribution in [0.3, 0.4) is 0 Å². The zero-order valence-electron chi connectivity index (χ0n) is 16.8. The van der Waals surface area contributed by atoms with E-state index in [1.807, 2.05) is 24.3 Å². The van der Waals surface area contributed by atoms with E-state index < -0.39 is 18.3 Å². The van der Waals surface area contributed by atoms with Gasteiger partial charge in [-0.2, -0.15) is 18.3 Å². The van der Waals surface area contributed by atoms with E-state index in [9.17, 15) is 18.0 Å². The van der Waals surface area contributed by atoms with Gasteiger partial charge in [0.2, 0.25) is 0 Å². The molecule has 2 aromatic carbocycles. The lowest BCUT2D eigenvalue weighted by Crippen LogP contribution is -2.36. The molecule has 3 aromatic rings. The summed E-state index contributed by atoms with van der Waals surface area (Å²) in [6.45, 7) is 0. The average molecular weight is 425 g/mol. The topological polar surface area (TPSA) is 46.9 Å². The highest BCUT2D eigenvalue weighted by Crippen LogP contribution is 2.45. The van der Waals surface area contributed by atoms with Crippen molar-refractivity contribution in [3.05, 3.63) is 83.0 Å². The van der Waals surface area contributed by atoms with Crippen molar-refractivity contribution in [3.63, 3.8) is 0 Å². The number of rotatable bonds is 4. The fourth-order valence-electron chi connectivity index (χ4n) is 4.86. The summed E-state index contributed by atoms with van der Waals surface area (Å²) in [5, 5.41) is 7.15. The number of anilines is 1. The van der Waals surface area contributed by atoms with Crippen molar-refractivity contribution in [2.75, 3.05) is 5.32 Å². The third-order valence-corrected chi connectivity index (χ3v) is 6.43. The summed E-state index contributed by atoms with van der Waals surface area (Å²) in [5.74, 6) is 0.0787. The first-order valence-corrected chi connectivity index (χ1v) is 10.5. The Bertz CT molecular complexity index is 1110. The molecule has 1 N–H and O–H groups in total. The van der Waals surface area contributed by atoms with Crippen molar-refractivity contribution < 1.29 is 18.0 Å². The first-order chi connectivity index (χ1) is 14.9. The second kappa shape index (κ2) is 7.55. The number of alkyl halides is 3. The Morgan fingerprint density at radius 1 is 1.10 bits per heavy atom. The maximum Gasteiger partial charge on any atom is 0.410 e. The van der Waals surface area contributed by atoms with Crippen molar-refractivity contribution in [3.8, 4) is 0 Å². The molecule has 0 fully saturated rings. The standard InChI is InChI=1S/C24H22F3N3O/c25-24(26,27)22-13-20(16-7-2-1-3-8-16)29-23-19(14-28-30(22)23)21(31)12-17-11-10-15-6-4-5-9-18(15)17/h1-9,14,17,20,22,29H,10-13H2. The minimum atomic E-state index is -4.46. The Hall–Kier alpha value is -3.09. The van der Waals surface area contributed by atoms with Crippen LogP contribution in [-0.2, 0) is 6.42 Å². The number of Topliss-reactive ketones (excluding diaryl/α,β-unsaturated/α-hetero) is 1. The normalized spacial score (nSPS) is 22.5. The fourth-order valence-corrected chi connectivity index (χ4v) is 4.86. The van der Waals surface area contributed by atoms with E-state index in [0.717, 1.165) is 23.1 Å². The van der Waals surface area contributed by atoms with E-state index in [4.69, 9.17) is 0 Å². The molecule has 7 heteroatoms. The van der Waals surface area contributed by atoms with E-state index in [2.05, 4.69) is 16.5 Å². The first-order valence-electron chi connectivity index (χ1n) is 10.5. The molecule has 1 aliphatic heterocycles. The minimum absolute atomic E-state index is 0.0890. The van der Waals surface area contributed by atoms with Gasteiger partial charge in [-0.3, -0.25) is 4.79 Å². The number of benzene rings is 2. The van der Waals surface area contributed by atoms with Gasteiger partial charge < -0.3 is 5.32 Å². The van der Waals surface area contributed by atoms with Gasteiger partial charge in [-0.1, -0.05) is 54.6 Å². The predicted molar refractivity (Wildman–Crippen MR) is 111 cm³/mol. The third kappa shape index (κ3) is 3.62. The maximum absolute atomic E-state index is 13.8. The van der Waals surface area contributed by atoms with Crippen LogP contribution in [0.5, 0.6) is 0 Å². The molecule has 4 nitrogen and oxygen atoms in total. The van der Waals surface area contributed by atoms with Crippen LogP contribution < -0.4 is 5.32 Å². The van der Waals surface area contributed by atoms with Crippen LogP contribution in [0.2, 0.25) is 0 Å². The van der Waals surface area contributed by atoms with Crippen molar-refractivity contribution >= 4 is 11.6 Å². The van der Waals surface area contributed by atoms with Gasteiger partial charge in [-0.15, -0.1) is 0 Å². The minimum Gasteiger partial charge on any atom is -0.363 e. The molecule has 0 saturated carbocycles. The van der Waals surface area contributed by atoms with Gasteiger partial charge in [-0.25, -0.2) is 4.68 Å². The Kier molecular flexibility index (Phi) is 4.84. The summed E-state index contributed by atoms with van der Waals surface area (Å²) >= 11 is 0. The SMILES string of the molecule is O=C(CC1CCc2ccccc21)c1cnn2c1NC(c1ccccc1)CC2C(F)(F)F. The molecule has 0 radical (unpaired) electrons. The van der Waals surface area contributed by atoms with Crippen LogP contribution in [0.1, 0.15) is 64.3 Å². The molecule has 0 amide bonds. The molecule has 160 valence electrons. The number of aromatic nitrogens is 2. The Morgan fingerprint density at radius 3 is 2.61 bits per heavy atom. The lowest BCUT2D eigenvalue weighted by Gasteiger charge is -2.34. The Morgan fingerprint density at radius 2 is 1.84 bits per heavy atom. The number of nitrogens with one attached hydrogen (secondary N) is 1. The predicted octanol–water partition coefficient (Wildman–Crippen LogP) is 5.85. The van der Waals surface area contributed by atoms with Crippen molar-refractivity contribution in [1.82, 2.24) is 9.78 Å². The number of ketones is 1. The van der Waals surface area contributed by atoms with Crippen molar-refractivity contribution in [2.24, 2.45) is 0 Å². The highest BCUT2D eigenvalue weighted by molar-refractivity contribution is 6.01. The Balaban J connectivity index is 1.46. The number of hydrogen-bond acceptors (Lipinski definition) is 3. The van der Waals surface area contributed by atoms with E-state index >= 15 is 0 Å². The third-order valence-electron chi connectivity index (χ3n) is 6.43. The van der Waals surface area contributed by atoms with Crippen LogP contribution in [0.4, 0.5) is 19.0 Å². The average Bonchev–Trinajstić information content (AvgIpc) is 3.37. The smallest absolute Gasteiger partial charge is 0.363 e. The fraction of sp³-hybridized carbons (Fsp3) is 0.333. The van der Waals surface area contributed by atoms with Gasteiger partial charge >= 0.3 is 6.18 Å². The van der Waals surface area contributed by atoms with Crippen molar-refractivity contribution in [1.29, 1.82) is 0 Å². The molecule has 3 unspecified atom stereocenters. The number of nitrogens with zero attached hydrogens (tertiary/aromatic N) is 2. The number of carbonyl (C=O) groups excluding carboxylic acids is 1. The monoisotopic (exact) mass is 425 g/mol. The summed E-state index contributed by atoms with van der Waals surface area (Å²) in [7, 11) is 0. The van der Waals surface area contributed by atoms with E-state index in [0.29, 0.717) is 0 Å². The zero-order valence-corrected chi connectivity index (χ0v) is 16.8. The number of fused-ring (bicyclic) bond motifs is 2. The van der Waals surface area contributed by atoms with Crippen LogP contribution in [0.25, 0.3) is 0 Å². The molecule has 0 spiro atoms. The highest BCUT2D eigenvalue weighted by Gasteiger charge is 2.47. The second-order valence-electron chi connectivity index (χ2n) is 8.31. The Labute approximate surface area is 178 Å². The summed E-state index contributed by atoms with van der Waals surface area (Å²) in [6.07, 6.45) is -1.28. The molecule has 1 aromatic heterocycles. The van der Waals surface area contributed by atoms with Crippen LogP contribution in [0, 0.1) is 0 Å². The summed E-state index contributed by atoms with van der Waals surface area (Å²) in [6, 6.07) is 14.8. The molecule has 0 bridgehead atoms. The van der Waals surface area contributed by atoms with E-state index in [-0.39, 0.29) is 35.9 Å². The molecular formula is C24H22F3N3O. The van der Waals surface area contributed by atoms with Gasteiger partial charge in [0.1, 0.15) is 5.82 Å². The molecule has 2 aliphatic rings. The highest BCUT2D eigenvalue weighted by atomic mass is 19.4. The summed E-state index contributed by atoms with van der Waals surface area (Å²) in [5.41, 5.74) is 3.41. The summed E-state index contributed by atoms with van der Waals surface area (Å²) in [4.78, 5) is 13.2. The summed E-state index contributed by atoms with van der Waals surface area (Å²) < 4.78 is 42.5. The van der Waals surface area contributed by atoms with Crippen LogP contribution >= 0.6 is 0 Å². The van der Waals surface area contributed by atoms with Gasteiger partial charge in [-0.05, 0) is 35.4 Å². The first kappa shape index (κ1) is 19.8. The van der Waals surface area contributed by atoms with Crippen molar-refractivity contribution in [2.45, 2.75) is 49.9 Å². The molecule has 1 aliphatic carbocycles. The quantitative estimate of drug-likeness (QED) is 0.534. The van der Waals surface area contributed by atoms with Crippen LogP contribution in [0.15, 0.2) is 60.8 Å². The van der Waals surface area contributed by atoms with E-state index in [1.54, 1.807) is 24.3 Å². The zero-order chi connectivity index (χ0) is 21.6. The second-order valence-corrected chi connectivity index (χ2v) is 8.31. The number of carbonyl (C=O) groups is 1. The number of halogens is 3. The molecule has 5 rings (SSSR count). The molecule has 0 saturated heterocycles. The lowest BCUT2D eigenvalue weighted by molar-refractivity contribution is -0.173. The van der Waals surface area contributed by atoms with Gasteiger partial charge in [0.25, 0.3) is 0 Å². The maximum atomic E-state index is 13.8. The molecule has 3 atom stereocenters.